The summed E-state index contributed by atoms with van der Waals surface area (Å²) >= 11 is 0. The Morgan fingerprint density at radius 1 is 0.463 bits per heavy atom. The summed E-state index contributed by atoms with van der Waals surface area (Å²) in [4.78, 5) is 2.52. The SMILES string of the molecule is Cc1cccc2c1-c1ccc(N(c3ccc(-c4ccc(-c5ccccc5)cc4)cc3)c3c(-c4ccccc4C(C)C)ccc4ccccc34)cc1C2(C)C. The molecule has 0 bridgehead atoms. The summed E-state index contributed by atoms with van der Waals surface area (Å²) < 4.78 is 0. The summed E-state index contributed by atoms with van der Waals surface area (Å²) in [6.45, 7) is 11.6. The molecule has 0 saturated heterocycles. The van der Waals surface area contributed by atoms with Crippen LogP contribution in [-0.2, 0) is 5.41 Å². The lowest BCUT2D eigenvalue weighted by Crippen LogP contribution is -2.17. The molecule has 0 atom stereocenters. The molecule has 0 radical (unpaired) electrons. The van der Waals surface area contributed by atoms with Crippen molar-refractivity contribution in [1.29, 1.82) is 0 Å². The normalized spacial score (nSPS) is 12.9. The van der Waals surface area contributed by atoms with Gasteiger partial charge in [0.2, 0.25) is 0 Å². The molecule has 1 heteroatoms. The average molecular weight is 696 g/mol. The lowest BCUT2D eigenvalue weighted by molar-refractivity contribution is 0.660. The van der Waals surface area contributed by atoms with Gasteiger partial charge in [0, 0.05) is 27.7 Å². The third-order valence-electron chi connectivity index (χ3n) is 11.6. The van der Waals surface area contributed by atoms with E-state index in [1.54, 1.807) is 0 Å². The Kier molecular flexibility index (Phi) is 8.32. The Bertz CT molecular complexity index is 2640. The van der Waals surface area contributed by atoms with Crippen molar-refractivity contribution in [3.8, 4) is 44.5 Å². The van der Waals surface area contributed by atoms with Crippen molar-refractivity contribution in [3.63, 3.8) is 0 Å². The third-order valence-corrected chi connectivity index (χ3v) is 11.6. The Hall–Kier alpha value is -6.18. The monoisotopic (exact) mass is 695 g/mol. The molecular formula is C53H45N. The predicted octanol–water partition coefficient (Wildman–Crippen LogP) is 15.0. The van der Waals surface area contributed by atoms with Crippen LogP contribution in [0.2, 0.25) is 0 Å². The van der Waals surface area contributed by atoms with Crippen molar-refractivity contribution in [2.24, 2.45) is 0 Å². The zero-order valence-electron chi connectivity index (χ0n) is 31.8. The number of hydrogen-bond acceptors (Lipinski definition) is 1. The second-order valence-corrected chi connectivity index (χ2v) is 15.6. The van der Waals surface area contributed by atoms with Crippen molar-refractivity contribution in [2.75, 3.05) is 4.90 Å². The largest absolute Gasteiger partial charge is 0.309 e. The van der Waals surface area contributed by atoms with Crippen molar-refractivity contribution in [2.45, 2.75) is 46.0 Å². The number of anilines is 3. The van der Waals surface area contributed by atoms with Gasteiger partial charge in [0.05, 0.1) is 5.69 Å². The molecule has 1 nitrogen and oxygen atoms in total. The first kappa shape index (κ1) is 33.6. The molecule has 1 aliphatic rings. The predicted molar refractivity (Wildman–Crippen MR) is 231 cm³/mol. The van der Waals surface area contributed by atoms with E-state index >= 15 is 0 Å². The molecule has 0 saturated carbocycles. The van der Waals surface area contributed by atoms with E-state index < -0.39 is 0 Å². The maximum atomic E-state index is 2.52. The zero-order valence-corrected chi connectivity index (χ0v) is 31.8. The number of nitrogens with zero attached hydrogens (tertiary/aromatic N) is 1. The van der Waals surface area contributed by atoms with E-state index in [9.17, 15) is 0 Å². The number of benzene rings is 8. The first-order valence-corrected chi connectivity index (χ1v) is 19.2. The minimum Gasteiger partial charge on any atom is -0.309 e. The van der Waals surface area contributed by atoms with E-state index in [1.165, 1.54) is 83.2 Å². The quantitative estimate of drug-likeness (QED) is 0.160. The van der Waals surface area contributed by atoms with Crippen LogP contribution in [0, 0.1) is 6.92 Å². The molecule has 54 heavy (non-hydrogen) atoms. The summed E-state index contributed by atoms with van der Waals surface area (Å²) in [6, 6.07) is 65.1. The molecule has 9 rings (SSSR count). The smallest absolute Gasteiger partial charge is 0.0618 e. The van der Waals surface area contributed by atoms with Crippen LogP contribution in [0.25, 0.3) is 55.3 Å². The van der Waals surface area contributed by atoms with E-state index in [4.69, 9.17) is 0 Å². The Morgan fingerprint density at radius 2 is 1.06 bits per heavy atom. The number of fused-ring (bicyclic) bond motifs is 4. The fourth-order valence-electron chi connectivity index (χ4n) is 8.75. The maximum Gasteiger partial charge on any atom is 0.0618 e. The van der Waals surface area contributed by atoms with Crippen LogP contribution in [0.1, 0.15) is 55.9 Å². The van der Waals surface area contributed by atoms with E-state index in [0.717, 1.165) is 11.4 Å². The van der Waals surface area contributed by atoms with Crippen LogP contribution in [0.3, 0.4) is 0 Å². The van der Waals surface area contributed by atoms with Crippen LogP contribution in [0.4, 0.5) is 17.1 Å². The highest BCUT2D eigenvalue weighted by Gasteiger charge is 2.37. The maximum absolute atomic E-state index is 2.52. The molecule has 0 aromatic heterocycles. The third kappa shape index (κ3) is 5.63. The lowest BCUT2D eigenvalue weighted by Gasteiger charge is -2.31. The zero-order chi connectivity index (χ0) is 37.0. The molecule has 0 N–H and O–H groups in total. The van der Waals surface area contributed by atoms with Crippen LogP contribution in [0.15, 0.2) is 176 Å². The molecule has 262 valence electrons. The first-order chi connectivity index (χ1) is 26.3. The van der Waals surface area contributed by atoms with Crippen molar-refractivity contribution in [1.82, 2.24) is 0 Å². The Balaban J connectivity index is 1.25. The summed E-state index contributed by atoms with van der Waals surface area (Å²) in [7, 11) is 0. The van der Waals surface area contributed by atoms with Gasteiger partial charge in [0.15, 0.2) is 0 Å². The molecule has 0 heterocycles. The average Bonchev–Trinajstić information content (AvgIpc) is 3.45. The van der Waals surface area contributed by atoms with Crippen molar-refractivity contribution < 1.29 is 0 Å². The van der Waals surface area contributed by atoms with Gasteiger partial charge in [-0.3, -0.25) is 0 Å². The summed E-state index contributed by atoms with van der Waals surface area (Å²) in [5.41, 5.74) is 18.9. The van der Waals surface area contributed by atoms with Crippen molar-refractivity contribution >= 4 is 27.8 Å². The summed E-state index contributed by atoms with van der Waals surface area (Å²) in [5, 5.41) is 2.45. The Morgan fingerprint density at radius 3 is 1.78 bits per heavy atom. The topological polar surface area (TPSA) is 3.24 Å². The van der Waals surface area contributed by atoms with Crippen molar-refractivity contribution in [3.05, 3.63) is 198 Å². The fraction of sp³-hybridized carbons (Fsp3) is 0.132. The van der Waals surface area contributed by atoms with Gasteiger partial charge in [0.1, 0.15) is 0 Å². The van der Waals surface area contributed by atoms with Gasteiger partial charge in [-0.05, 0) is 104 Å². The highest BCUT2D eigenvalue weighted by Crippen LogP contribution is 2.53. The summed E-state index contributed by atoms with van der Waals surface area (Å²) in [5.74, 6) is 0.379. The molecular weight excluding hydrogens is 651 g/mol. The second-order valence-electron chi connectivity index (χ2n) is 15.6. The Labute approximate surface area is 320 Å². The molecule has 0 fully saturated rings. The van der Waals surface area contributed by atoms with Gasteiger partial charge in [-0.2, -0.15) is 0 Å². The summed E-state index contributed by atoms with van der Waals surface area (Å²) in [6.07, 6.45) is 0. The minimum atomic E-state index is -0.125. The van der Waals surface area contributed by atoms with Gasteiger partial charge in [-0.1, -0.05) is 179 Å². The molecule has 0 unspecified atom stereocenters. The van der Waals surface area contributed by atoms with Gasteiger partial charge >= 0.3 is 0 Å². The molecule has 8 aromatic carbocycles. The van der Waals surface area contributed by atoms with E-state index in [-0.39, 0.29) is 5.41 Å². The van der Waals surface area contributed by atoms with Crippen LogP contribution < -0.4 is 4.90 Å². The van der Waals surface area contributed by atoms with Gasteiger partial charge < -0.3 is 4.90 Å². The van der Waals surface area contributed by atoms with E-state index in [0.29, 0.717) is 5.92 Å². The number of rotatable bonds is 7. The highest BCUT2D eigenvalue weighted by molar-refractivity contribution is 6.07. The fourth-order valence-corrected chi connectivity index (χ4v) is 8.75. The van der Waals surface area contributed by atoms with Crippen LogP contribution in [0.5, 0.6) is 0 Å². The molecule has 0 amide bonds. The van der Waals surface area contributed by atoms with Gasteiger partial charge in [0.25, 0.3) is 0 Å². The van der Waals surface area contributed by atoms with E-state index in [1.807, 2.05) is 0 Å². The molecule has 0 aliphatic heterocycles. The van der Waals surface area contributed by atoms with Crippen LogP contribution >= 0.6 is 0 Å². The second kappa shape index (κ2) is 13.3. The number of aryl methyl sites for hydroxylation is 1. The molecule has 1 aliphatic carbocycles. The standard InChI is InChI=1S/C53H45N/c1-35(2)44-18-11-12-20-46(44)47-32-28-41-17-9-10-19-45(41)52(47)54(43-31-33-48-50(34-43)53(4,5)49-21-13-14-36(3)51(48)49)42-29-26-40(27-30-42)39-24-22-38(23-25-39)37-15-7-6-8-16-37/h6-35H,1-5H3. The highest BCUT2D eigenvalue weighted by atomic mass is 15.1. The first-order valence-electron chi connectivity index (χ1n) is 19.2. The minimum absolute atomic E-state index is 0.125. The number of hydrogen-bond donors (Lipinski definition) is 0. The lowest BCUT2D eigenvalue weighted by atomic mass is 9.82. The molecule has 0 spiro atoms. The molecule has 8 aromatic rings. The van der Waals surface area contributed by atoms with Crippen LogP contribution in [-0.4, -0.2) is 0 Å². The van der Waals surface area contributed by atoms with E-state index in [2.05, 4.69) is 215 Å². The van der Waals surface area contributed by atoms with Gasteiger partial charge in [-0.15, -0.1) is 0 Å². The van der Waals surface area contributed by atoms with Gasteiger partial charge in [-0.25, -0.2) is 0 Å².